The van der Waals surface area contributed by atoms with Crippen LogP contribution in [0.1, 0.15) is 38.3 Å². The number of rotatable bonds is 9. The molecule has 0 saturated carbocycles. The Hall–Kier alpha value is -2.69. The number of carbonyl (C=O) groups is 1. The predicted molar refractivity (Wildman–Crippen MR) is 112 cm³/mol. The van der Waals surface area contributed by atoms with Crippen LogP contribution in [0.2, 0.25) is 0 Å². The van der Waals surface area contributed by atoms with Crippen molar-refractivity contribution in [3.05, 3.63) is 53.6 Å². The summed E-state index contributed by atoms with van der Waals surface area (Å²) >= 11 is 0. The Kier molecular flexibility index (Phi) is 7.73. The molecule has 5 nitrogen and oxygen atoms in total. The fourth-order valence-electron chi connectivity index (χ4n) is 2.95. The molecule has 0 radical (unpaired) electrons. The molecule has 2 aromatic rings. The summed E-state index contributed by atoms with van der Waals surface area (Å²) in [4.78, 5) is 12.1. The zero-order valence-corrected chi connectivity index (χ0v) is 17.5. The summed E-state index contributed by atoms with van der Waals surface area (Å²) in [6, 6.07) is 13.7. The molecule has 2 rings (SSSR count). The zero-order valence-electron chi connectivity index (χ0n) is 17.5. The lowest BCUT2D eigenvalue weighted by atomic mass is 9.86. The molecule has 28 heavy (non-hydrogen) atoms. The topological polar surface area (TPSA) is 56.8 Å². The monoisotopic (exact) mass is 385 g/mol. The molecule has 0 fully saturated rings. The van der Waals surface area contributed by atoms with Crippen molar-refractivity contribution in [2.45, 2.75) is 39.0 Å². The van der Waals surface area contributed by atoms with Crippen LogP contribution in [0.3, 0.4) is 0 Å². The Morgan fingerprint density at radius 2 is 1.68 bits per heavy atom. The molecule has 5 heteroatoms. The first kappa shape index (κ1) is 21.6. The first-order valence-electron chi connectivity index (χ1n) is 9.55. The number of nitrogens with one attached hydrogen (secondary N) is 1. The minimum Gasteiger partial charge on any atom is -0.493 e. The van der Waals surface area contributed by atoms with Crippen LogP contribution in [-0.4, -0.2) is 33.3 Å². The molecule has 0 aliphatic rings. The molecule has 0 spiro atoms. The van der Waals surface area contributed by atoms with E-state index < -0.39 is 0 Å². The smallest absolute Gasteiger partial charge is 0.220 e. The maximum atomic E-state index is 12.1. The molecule has 2 aromatic carbocycles. The van der Waals surface area contributed by atoms with E-state index in [0.717, 1.165) is 16.9 Å². The van der Waals surface area contributed by atoms with Gasteiger partial charge in [-0.05, 0) is 41.2 Å². The van der Waals surface area contributed by atoms with E-state index in [1.54, 1.807) is 14.2 Å². The lowest BCUT2D eigenvalue weighted by Crippen LogP contribution is -2.28. The first-order chi connectivity index (χ1) is 13.3. The van der Waals surface area contributed by atoms with Crippen LogP contribution in [-0.2, 0) is 16.6 Å². The van der Waals surface area contributed by atoms with Crippen LogP contribution in [0.15, 0.2) is 42.5 Å². The van der Waals surface area contributed by atoms with Gasteiger partial charge in [0, 0.05) is 6.42 Å². The van der Waals surface area contributed by atoms with Gasteiger partial charge in [0.15, 0.2) is 11.5 Å². The van der Waals surface area contributed by atoms with E-state index in [1.807, 2.05) is 36.4 Å². The number of methoxy groups -OCH3 is 2. The van der Waals surface area contributed by atoms with Gasteiger partial charge >= 0.3 is 0 Å². The fraction of sp³-hybridized carbons (Fsp3) is 0.435. The second-order valence-electron chi connectivity index (χ2n) is 7.63. The van der Waals surface area contributed by atoms with Crippen molar-refractivity contribution < 1.29 is 19.0 Å². The highest BCUT2D eigenvalue weighted by molar-refractivity contribution is 5.76. The number of aryl methyl sites for hydroxylation is 1. The van der Waals surface area contributed by atoms with E-state index in [2.05, 4.69) is 32.2 Å². The second kappa shape index (κ2) is 10.0. The van der Waals surface area contributed by atoms with Gasteiger partial charge in [0.1, 0.15) is 12.4 Å². The van der Waals surface area contributed by atoms with Gasteiger partial charge in [-0.1, -0.05) is 45.0 Å². The number of amides is 1. The molecule has 0 aromatic heterocycles. The van der Waals surface area contributed by atoms with Gasteiger partial charge in [-0.25, -0.2) is 0 Å². The van der Waals surface area contributed by atoms with E-state index in [4.69, 9.17) is 14.2 Å². The number of hydrogen-bond donors (Lipinski definition) is 1. The summed E-state index contributed by atoms with van der Waals surface area (Å²) < 4.78 is 16.4. The highest BCUT2D eigenvalue weighted by Crippen LogP contribution is 2.31. The normalized spacial score (nSPS) is 11.0. The number of ether oxygens (including phenoxy) is 3. The average Bonchev–Trinajstić information content (AvgIpc) is 2.69. The van der Waals surface area contributed by atoms with Crippen LogP contribution in [0.25, 0.3) is 0 Å². The predicted octanol–water partition coefficient (Wildman–Crippen LogP) is 4.13. The lowest BCUT2D eigenvalue weighted by molar-refractivity contribution is -0.121. The third kappa shape index (κ3) is 6.19. The Morgan fingerprint density at radius 3 is 2.36 bits per heavy atom. The molecule has 1 amide bonds. The third-order valence-corrected chi connectivity index (χ3v) is 4.47. The minimum absolute atomic E-state index is 0.00231. The Morgan fingerprint density at radius 1 is 0.964 bits per heavy atom. The molecule has 0 aliphatic heterocycles. The molecular formula is C23H31NO4. The maximum absolute atomic E-state index is 12.1. The van der Waals surface area contributed by atoms with Crippen molar-refractivity contribution in [3.8, 4) is 17.2 Å². The summed E-state index contributed by atoms with van der Waals surface area (Å²) in [6.45, 7) is 7.39. The molecule has 1 N–H and O–H groups in total. The van der Waals surface area contributed by atoms with Gasteiger partial charge in [-0.2, -0.15) is 0 Å². The largest absolute Gasteiger partial charge is 0.493 e. The van der Waals surface area contributed by atoms with Crippen LogP contribution in [0, 0.1) is 0 Å². The van der Waals surface area contributed by atoms with Crippen LogP contribution < -0.4 is 19.5 Å². The molecule has 0 unspecified atom stereocenters. The molecule has 152 valence electrons. The standard InChI is InChI=1S/C23H31NO4/c1-23(2,3)18-8-6-7-9-19(18)28-15-14-24-22(25)13-11-17-10-12-20(26-4)21(16-17)27-5/h6-10,12,16H,11,13-15H2,1-5H3,(H,24,25). The van der Waals surface area contributed by atoms with Crippen LogP contribution in [0.5, 0.6) is 17.2 Å². The van der Waals surface area contributed by atoms with Gasteiger partial charge < -0.3 is 19.5 Å². The maximum Gasteiger partial charge on any atom is 0.220 e. The summed E-state index contributed by atoms with van der Waals surface area (Å²) in [6.07, 6.45) is 1.05. The molecule has 0 saturated heterocycles. The number of hydrogen-bond acceptors (Lipinski definition) is 4. The highest BCUT2D eigenvalue weighted by Gasteiger charge is 2.18. The van der Waals surface area contributed by atoms with Crippen molar-refractivity contribution in [1.82, 2.24) is 5.32 Å². The summed E-state index contributed by atoms with van der Waals surface area (Å²) in [5, 5.41) is 2.91. The number of carbonyl (C=O) groups excluding carboxylic acids is 1. The summed E-state index contributed by atoms with van der Waals surface area (Å²) in [5.41, 5.74) is 2.21. The van der Waals surface area contributed by atoms with E-state index in [1.165, 1.54) is 0 Å². The van der Waals surface area contributed by atoms with Crippen molar-refractivity contribution in [2.24, 2.45) is 0 Å². The minimum atomic E-state index is 0.00231. The van der Waals surface area contributed by atoms with Crippen molar-refractivity contribution in [1.29, 1.82) is 0 Å². The molecule has 0 aliphatic carbocycles. The van der Waals surface area contributed by atoms with Gasteiger partial charge in [0.05, 0.1) is 20.8 Å². The van der Waals surface area contributed by atoms with Gasteiger partial charge in [0.25, 0.3) is 0 Å². The molecule has 0 bridgehead atoms. The van der Waals surface area contributed by atoms with Crippen molar-refractivity contribution >= 4 is 5.91 Å². The van der Waals surface area contributed by atoms with Crippen molar-refractivity contribution in [2.75, 3.05) is 27.4 Å². The number of benzene rings is 2. The van der Waals surface area contributed by atoms with Gasteiger partial charge in [0.2, 0.25) is 5.91 Å². The first-order valence-corrected chi connectivity index (χ1v) is 9.55. The van der Waals surface area contributed by atoms with E-state index in [-0.39, 0.29) is 11.3 Å². The van der Waals surface area contributed by atoms with Crippen LogP contribution >= 0.6 is 0 Å². The van der Waals surface area contributed by atoms with Gasteiger partial charge in [-0.3, -0.25) is 4.79 Å². The highest BCUT2D eigenvalue weighted by atomic mass is 16.5. The summed E-state index contributed by atoms with van der Waals surface area (Å²) in [5.74, 6) is 2.23. The molecular weight excluding hydrogens is 354 g/mol. The Labute approximate surface area is 168 Å². The third-order valence-electron chi connectivity index (χ3n) is 4.47. The Balaban J connectivity index is 1.77. The van der Waals surface area contributed by atoms with E-state index in [9.17, 15) is 4.79 Å². The zero-order chi connectivity index (χ0) is 20.6. The fourth-order valence-corrected chi connectivity index (χ4v) is 2.95. The average molecular weight is 386 g/mol. The quantitative estimate of drug-likeness (QED) is 0.660. The lowest BCUT2D eigenvalue weighted by Gasteiger charge is -2.22. The Bertz CT molecular complexity index is 780. The van der Waals surface area contributed by atoms with E-state index in [0.29, 0.717) is 37.5 Å². The van der Waals surface area contributed by atoms with Crippen molar-refractivity contribution in [3.63, 3.8) is 0 Å². The SMILES string of the molecule is COc1ccc(CCC(=O)NCCOc2ccccc2C(C)(C)C)cc1OC. The number of para-hydroxylation sites is 1. The van der Waals surface area contributed by atoms with E-state index >= 15 is 0 Å². The summed E-state index contributed by atoms with van der Waals surface area (Å²) in [7, 11) is 3.21. The molecule has 0 heterocycles. The molecule has 0 atom stereocenters. The second-order valence-corrected chi connectivity index (χ2v) is 7.63. The van der Waals surface area contributed by atoms with Gasteiger partial charge in [-0.15, -0.1) is 0 Å². The van der Waals surface area contributed by atoms with Crippen LogP contribution in [0.4, 0.5) is 0 Å².